The molecule has 0 spiro atoms. The van der Waals surface area contributed by atoms with Crippen molar-refractivity contribution in [1.82, 2.24) is 0 Å². The Bertz CT molecular complexity index is 578. The molecule has 3 nitrogen and oxygen atoms in total. The molecule has 0 unspecified atom stereocenters. The summed E-state index contributed by atoms with van der Waals surface area (Å²) in [6.45, 7) is 2.41. The summed E-state index contributed by atoms with van der Waals surface area (Å²) in [7, 11) is 0. The molecule has 0 N–H and O–H groups in total. The molecule has 0 bridgehead atoms. The van der Waals surface area contributed by atoms with Crippen molar-refractivity contribution in [2.45, 2.75) is 32.6 Å². The highest BCUT2D eigenvalue weighted by Gasteiger charge is 2.08. The minimum Gasteiger partial charge on any atom is -0.434 e. The topological polar surface area (TPSA) is 35.5 Å². The number of hydrogen-bond acceptors (Lipinski definition) is 3. The fourth-order valence-corrected chi connectivity index (χ4v) is 2.25. The summed E-state index contributed by atoms with van der Waals surface area (Å²) >= 11 is 0. The molecule has 0 atom stereocenters. The van der Waals surface area contributed by atoms with Gasteiger partial charge < -0.3 is 9.47 Å². The van der Waals surface area contributed by atoms with Crippen LogP contribution in [0, 0.1) is 0 Å². The summed E-state index contributed by atoms with van der Waals surface area (Å²) in [4.78, 5) is 11.7. The second-order valence-electron chi connectivity index (χ2n) is 5.10. The zero-order valence-corrected chi connectivity index (χ0v) is 13.0. The highest BCUT2D eigenvalue weighted by Crippen LogP contribution is 2.18. The maximum absolute atomic E-state index is 11.7. The molecule has 2 aromatic rings. The van der Waals surface area contributed by atoms with Gasteiger partial charge in [0.05, 0.1) is 6.61 Å². The minimum atomic E-state index is -0.624. The third-order valence-corrected chi connectivity index (χ3v) is 3.47. The molecule has 0 heterocycles. The van der Waals surface area contributed by atoms with E-state index in [9.17, 15) is 4.79 Å². The lowest BCUT2D eigenvalue weighted by Crippen LogP contribution is -2.12. The van der Waals surface area contributed by atoms with Gasteiger partial charge in [-0.1, -0.05) is 55.5 Å². The van der Waals surface area contributed by atoms with Crippen molar-refractivity contribution in [3.63, 3.8) is 0 Å². The molecule has 0 aromatic heterocycles. The average Bonchev–Trinajstić information content (AvgIpc) is 2.56. The Hall–Kier alpha value is -2.29. The quantitative estimate of drug-likeness (QED) is 0.419. The first-order valence-corrected chi connectivity index (χ1v) is 7.76. The van der Waals surface area contributed by atoms with E-state index in [4.69, 9.17) is 9.47 Å². The highest BCUT2D eigenvalue weighted by atomic mass is 16.7. The summed E-state index contributed by atoms with van der Waals surface area (Å²) in [5, 5.41) is 0. The number of benzene rings is 2. The van der Waals surface area contributed by atoms with Gasteiger partial charge >= 0.3 is 6.16 Å². The molecule has 0 aliphatic rings. The van der Waals surface area contributed by atoms with Crippen LogP contribution in [0.3, 0.4) is 0 Å². The fraction of sp³-hybridized carbons (Fsp3) is 0.316. The van der Waals surface area contributed by atoms with Crippen molar-refractivity contribution in [3.05, 3.63) is 65.7 Å². The van der Waals surface area contributed by atoms with Crippen molar-refractivity contribution in [3.8, 4) is 5.75 Å². The molecular formula is C19H22O3. The van der Waals surface area contributed by atoms with Crippen LogP contribution in [-0.2, 0) is 17.6 Å². The maximum atomic E-state index is 11.7. The monoisotopic (exact) mass is 298 g/mol. The highest BCUT2D eigenvalue weighted by molar-refractivity contribution is 5.64. The molecule has 2 aromatic carbocycles. The predicted molar refractivity (Wildman–Crippen MR) is 87.2 cm³/mol. The van der Waals surface area contributed by atoms with Crippen LogP contribution < -0.4 is 4.74 Å². The molecular weight excluding hydrogens is 276 g/mol. The Balaban J connectivity index is 1.65. The largest absolute Gasteiger partial charge is 0.513 e. The Kier molecular flexibility index (Phi) is 6.49. The summed E-state index contributed by atoms with van der Waals surface area (Å²) in [5.41, 5.74) is 2.31. The molecule has 0 fully saturated rings. The van der Waals surface area contributed by atoms with Crippen LogP contribution in [0.4, 0.5) is 4.79 Å². The van der Waals surface area contributed by atoms with Crippen LogP contribution in [0.2, 0.25) is 0 Å². The molecule has 0 radical (unpaired) electrons. The number of carbonyl (C=O) groups excluding carboxylic acids is 1. The third kappa shape index (κ3) is 5.24. The number of aryl methyl sites for hydroxylation is 2. The molecule has 22 heavy (non-hydrogen) atoms. The van der Waals surface area contributed by atoms with Crippen LogP contribution in [-0.4, -0.2) is 12.8 Å². The van der Waals surface area contributed by atoms with Gasteiger partial charge in [-0.05, 0) is 42.9 Å². The van der Waals surface area contributed by atoms with Crippen LogP contribution in [0.25, 0.3) is 0 Å². The first-order chi connectivity index (χ1) is 10.8. The van der Waals surface area contributed by atoms with Gasteiger partial charge in [-0.25, -0.2) is 4.79 Å². The SMILES string of the molecule is CCc1ccccc1OC(=O)OCCCCc1ccccc1. The Labute approximate surface area is 131 Å². The normalized spacial score (nSPS) is 10.2. The Morgan fingerprint density at radius 1 is 0.955 bits per heavy atom. The van der Waals surface area contributed by atoms with Crippen LogP contribution in [0.1, 0.15) is 30.9 Å². The van der Waals surface area contributed by atoms with Crippen molar-refractivity contribution < 1.29 is 14.3 Å². The van der Waals surface area contributed by atoms with Crippen LogP contribution >= 0.6 is 0 Å². The standard InChI is InChI=1S/C19H22O3/c1-2-17-13-6-7-14-18(17)22-19(20)21-15-9-8-12-16-10-4-3-5-11-16/h3-7,10-11,13-14H,2,8-9,12,15H2,1H3. The molecule has 0 saturated carbocycles. The van der Waals surface area contributed by atoms with E-state index in [1.165, 1.54) is 5.56 Å². The molecule has 3 heteroatoms. The number of unbranched alkanes of at least 4 members (excludes halogenated alkanes) is 1. The van der Waals surface area contributed by atoms with Crippen molar-refractivity contribution >= 4 is 6.16 Å². The molecule has 0 amide bonds. The lowest BCUT2D eigenvalue weighted by molar-refractivity contribution is 0.0972. The van der Waals surface area contributed by atoms with E-state index >= 15 is 0 Å². The predicted octanol–water partition coefficient (Wildman–Crippen LogP) is 4.79. The number of hydrogen-bond donors (Lipinski definition) is 0. The van der Waals surface area contributed by atoms with Gasteiger partial charge in [0, 0.05) is 0 Å². The van der Waals surface area contributed by atoms with E-state index in [1.807, 2.05) is 43.3 Å². The first-order valence-electron chi connectivity index (χ1n) is 7.76. The van der Waals surface area contributed by atoms with E-state index in [2.05, 4.69) is 12.1 Å². The fourth-order valence-electron chi connectivity index (χ4n) is 2.25. The van der Waals surface area contributed by atoms with Gasteiger partial charge in [0.2, 0.25) is 0 Å². The molecule has 0 saturated heterocycles. The second-order valence-corrected chi connectivity index (χ2v) is 5.10. The smallest absolute Gasteiger partial charge is 0.434 e. The van der Waals surface area contributed by atoms with Gasteiger partial charge in [-0.15, -0.1) is 0 Å². The van der Waals surface area contributed by atoms with Crippen molar-refractivity contribution in [2.75, 3.05) is 6.61 Å². The van der Waals surface area contributed by atoms with Gasteiger partial charge in [-0.2, -0.15) is 0 Å². The van der Waals surface area contributed by atoms with Crippen molar-refractivity contribution in [1.29, 1.82) is 0 Å². The van der Waals surface area contributed by atoms with E-state index in [0.29, 0.717) is 12.4 Å². The van der Waals surface area contributed by atoms with E-state index in [1.54, 1.807) is 6.07 Å². The zero-order valence-electron chi connectivity index (χ0n) is 13.0. The second kappa shape index (κ2) is 8.88. The summed E-state index contributed by atoms with van der Waals surface area (Å²) < 4.78 is 10.4. The summed E-state index contributed by atoms with van der Waals surface area (Å²) in [5.74, 6) is 0.583. The van der Waals surface area contributed by atoms with Gasteiger partial charge in [0.25, 0.3) is 0 Å². The van der Waals surface area contributed by atoms with E-state index in [0.717, 1.165) is 31.2 Å². The molecule has 2 rings (SSSR count). The minimum absolute atomic E-state index is 0.389. The number of para-hydroxylation sites is 1. The summed E-state index contributed by atoms with van der Waals surface area (Å²) in [6.07, 6.45) is 3.02. The maximum Gasteiger partial charge on any atom is 0.513 e. The third-order valence-electron chi connectivity index (χ3n) is 3.47. The van der Waals surface area contributed by atoms with Crippen LogP contribution in [0.15, 0.2) is 54.6 Å². The number of carbonyl (C=O) groups is 1. The molecule has 0 aliphatic heterocycles. The van der Waals surface area contributed by atoms with E-state index < -0.39 is 6.16 Å². The lowest BCUT2D eigenvalue weighted by atomic mass is 10.1. The Morgan fingerprint density at radius 2 is 1.68 bits per heavy atom. The van der Waals surface area contributed by atoms with Crippen molar-refractivity contribution in [2.24, 2.45) is 0 Å². The summed E-state index contributed by atoms with van der Waals surface area (Å²) in [6, 6.07) is 17.8. The van der Waals surface area contributed by atoms with Crippen LogP contribution in [0.5, 0.6) is 5.75 Å². The van der Waals surface area contributed by atoms with Gasteiger partial charge in [-0.3, -0.25) is 0 Å². The number of ether oxygens (including phenoxy) is 2. The molecule has 116 valence electrons. The Morgan fingerprint density at radius 3 is 2.45 bits per heavy atom. The zero-order chi connectivity index (χ0) is 15.6. The van der Waals surface area contributed by atoms with Gasteiger partial charge in [0.1, 0.15) is 5.75 Å². The van der Waals surface area contributed by atoms with E-state index in [-0.39, 0.29) is 0 Å². The molecule has 0 aliphatic carbocycles. The van der Waals surface area contributed by atoms with Gasteiger partial charge in [0.15, 0.2) is 0 Å². The average molecular weight is 298 g/mol. The number of rotatable bonds is 7. The lowest BCUT2D eigenvalue weighted by Gasteiger charge is -2.09. The first kappa shape index (κ1) is 16.1.